The molecule has 0 radical (unpaired) electrons. The van der Waals surface area contributed by atoms with E-state index in [0.717, 1.165) is 16.8 Å². The number of hydrogen-bond acceptors (Lipinski definition) is 3. The van der Waals surface area contributed by atoms with Crippen LogP contribution in [0.3, 0.4) is 0 Å². The molecule has 0 aliphatic rings. The van der Waals surface area contributed by atoms with E-state index in [9.17, 15) is 0 Å². The summed E-state index contributed by atoms with van der Waals surface area (Å²) in [5.74, 6) is 0.981. The average Bonchev–Trinajstić information content (AvgIpc) is 3.24. The monoisotopic (exact) mass is 328 g/mol. The lowest BCUT2D eigenvalue weighted by Crippen LogP contribution is -1.87. The van der Waals surface area contributed by atoms with Crippen LogP contribution >= 0.6 is 11.3 Å². The summed E-state index contributed by atoms with van der Waals surface area (Å²) < 4.78 is 6.91. The number of aryl methyl sites for hydroxylation is 1. The Morgan fingerprint density at radius 2 is 1.79 bits per heavy atom. The summed E-state index contributed by atoms with van der Waals surface area (Å²) in [4.78, 5) is 9.15. The number of rotatable bonds is 0. The molecule has 0 saturated heterocycles. The molecule has 0 fully saturated rings. The van der Waals surface area contributed by atoms with Crippen LogP contribution < -0.4 is 0 Å². The first-order valence-corrected chi connectivity index (χ1v) is 8.65. The molecule has 4 heterocycles. The van der Waals surface area contributed by atoms with Crippen LogP contribution in [0.1, 0.15) is 0 Å². The highest BCUT2D eigenvalue weighted by molar-refractivity contribution is 7.25. The lowest BCUT2D eigenvalue weighted by molar-refractivity contribution is 0.974. The van der Waals surface area contributed by atoms with Gasteiger partial charge in [-0.2, -0.15) is 0 Å². The van der Waals surface area contributed by atoms with Gasteiger partial charge in [-0.3, -0.25) is 9.38 Å². The molecule has 0 N–H and O–H groups in total. The van der Waals surface area contributed by atoms with Crippen molar-refractivity contribution in [2.45, 2.75) is 0 Å². The SMILES string of the molecule is Cn1c2ccccc2n2c3cc4sc5cnccc5c4cc3nc12. The minimum Gasteiger partial charge on any atom is -0.313 e. The molecule has 0 aliphatic carbocycles. The van der Waals surface area contributed by atoms with Crippen molar-refractivity contribution in [2.24, 2.45) is 7.05 Å². The van der Waals surface area contributed by atoms with E-state index in [2.05, 4.69) is 63.5 Å². The van der Waals surface area contributed by atoms with Crippen LogP contribution in [0.2, 0.25) is 0 Å². The summed E-state index contributed by atoms with van der Waals surface area (Å²) in [5.41, 5.74) is 4.59. The predicted octanol–water partition coefficient (Wildman–Crippen LogP) is 4.74. The first-order chi connectivity index (χ1) is 11.8. The molecular formula is C19H12N4S. The average molecular weight is 328 g/mol. The zero-order valence-corrected chi connectivity index (χ0v) is 13.7. The zero-order valence-electron chi connectivity index (χ0n) is 12.9. The normalized spacial score (nSPS) is 12.4. The molecule has 0 amide bonds. The highest BCUT2D eigenvalue weighted by atomic mass is 32.1. The van der Waals surface area contributed by atoms with Crippen LogP contribution in [0.5, 0.6) is 0 Å². The van der Waals surface area contributed by atoms with E-state index in [1.54, 1.807) is 11.3 Å². The highest BCUT2D eigenvalue weighted by Crippen LogP contribution is 2.36. The van der Waals surface area contributed by atoms with E-state index in [1.807, 2.05) is 12.4 Å². The van der Waals surface area contributed by atoms with Crippen LogP contribution in [-0.2, 0) is 7.05 Å². The van der Waals surface area contributed by atoms with Crippen molar-refractivity contribution in [3.63, 3.8) is 0 Å². The van der Waals surface area contributed by atoms with Gasteiger partial charge in [-0.15, -0.1) is 11.3 Å². The number of benzene rings is 2. The fraction of sp³-hybridized carbons (Fsp3) is 0.0526. The second-order valence-corrected chi connectivity index (χ2v) is 7.19. The molecule has 0 saturated carbocycles. The van der Waals surface area contributed by atoms with Gasteiger partial charge in [0, 0.05) is 34.9 Å². The number of imidazole rings is 2. The molecule has 2 aromatic carbocycles. The van der Waals surface area contributed by atoms with Crippen LogP contribution in [0.25, 0.3) is 48.0 Å². The van der Waals surface area contributed by atoms with Crippen molar-refractivity contribution >= 4 is 59.4 Å². The quantitative estimate of drug-likeness (QED) is 0.403. The number of fused-ring (bicyclic) bond motifs is 8. The summed E-state index contributed by atoms with van der Waals surface area (Å²) in [6.07, 6.45) is 3.80. The van der Waals surface area contributed by atoms with Crippen molar-refractivity contribution in [3.8, 4) is 0 Å². The van der Waals surface area contributed by atoms with Crippen molar-refractivity contribution in [3.05, 3.63) is 54.9 Å². The van der Waals surface area contributed by atoms with E-state index in [0.29, 0.717) is 0 Å². The fourth-order valence-electron chi connectivity index (χ4n) is 3.70. The number of hydrogen-bond donors (Lipinski definition) is 0. The minimum atomic E-state index is 0.981. The third kappa shape index (κ3) is 1.39. The first kappa shape index (κ1) is 12.5. The summed E-state index contributed by atoms with van der Waals surface area (Å²) in [6.45, 7) is 0. The predicted molar refractivity (Wildman–Crippen MR) is 99.9 cm³/mol. The Hall–Kier alpha value is -2.92. The van der Waals surface area contributed by atoms with Crippen molar-refractivity contribution < 1.29 is 0 Å². The van der Waals surface area contributed by atoms with Crippen molar-refractivity contribution in [1.29, 1.82) is 0 Å². The largest absolute Gasteiger partial charge is 0.313 e. The van der Waals surface area contributed by atoms with Crippen LogP contribution in [0, 0.1) is 0 Å². The molecule has 0 bridgehead atoms. The van der Waals surface area contributed by atoms with Gasteiger partial charge in [0.05, 0.1) is 26.8 Å². The molecule has 0 unspecified atom stereocenters. The molecule has 114 valence electrons. The second kappa shape index (κ2) is 4.13. The van der Waals surface area contributed by atoms with Crippen molar-refractivity contribution in [2.75, 3.05) is 0 Å². The molecule has 0 spiro atoms. The van der Waals surface area contributed by atoms with Gasteiger partial charge in [-0.1, -0.05) is 12.1 Å². The third-order valence-electron chi connectivity index (χ3n) is 4.82. The summed E-state index contributed by atoms with van der Waals surface area (Å²) >= 11 is 1.79. The maximum Gasteiger partial charge on any atom is 0.215 e. The number of nitrogens with zero attached hydrogens (tertiary/aromatic N) is 4. The molecule has 6 rings (SSSR count). The Morgan fingerprint density at radius 3 is 2.71 bits per heavy atom. The van der Waals surface area contributed by atoms with Gasteiger partial charge < -0.3 is 4.57 Å². The molecule has 0 aliphatic heterocycles. The van der Waals surface area contributed by atoms with Gasteiger partial charge in [-0.05, 0) is 30.3 Å². The Bertz CT molecular complexity index is 1420. The molecule has 4 nitrogen and oxygen atoms in total. The maximum atomic E-state index is 4.90. The fourth-order valence-corrected chi connectivity index (χ4v) is 4.78. The van der Waals surface area contributed by atoms with Gasteiger partial charge in [0.25, 0.3) is 0 Å². The Labute approximate surface area is 140 Å². The smallest absolute Gasteiger partial charge is 0.215 e. The number of pyridine rings is 1. The number of para-hydroxylation sites is 2. The maximum absolute atomic E-state index is 4.90. The Morgan fingerprint density at radius 1 is 0.917 bits per heavy atom. The molecule has 6 aromatic rings. The van der Waals surface area contributed by atoms with Crippen LogP contribution in [-0.4, -0.2) is 18.9 Å². The molecule has 5 heteroatoms. The highest BCUT2D eigenvalue weighted by Gasteiger charge is 2.15. The van der Waals surface area contributed by atoms with Gasteiger partial charge in [0.2, 0.25) is 5.78 Å². The number of thiophene rings is 1. The van der Waals surface area contributed by atoms with E-state index in [-0.39, 0.29) is 0 Å². The first-order valence-electron chi connectivity index (χ1n) is 7.83. The summed E-state index contributed by atoms with van der Waals surface area (Å²) in [7, 11) is 2.08. The van der Waals surface area contributed by atoms with E-state index in [4.69, 9.17) is 4.98 Å². The van der Waals surface area contributed by atoms with Crippen LogP contribution in [0.4, 0.5) is 0 Å². The van der Waals surface area contributed by atoms with E-state index in [1.165, 1.54) is 31.2 Å². The standard InChI is InChI=1S/C19H12N4S/c1-22-14-4-2-3-5-15(14)23-16-9-17-12(8-13(16)21-19(22)23)11-6-7-20-10-18(11)24-17/h2-10H,1H3. The molecule has 4 aromatic heterocycles. The third-order valence-corrected chi connectivity index (χ3v) is 5.92. The minimum absolute atomic E-state index is 0.981. The van der Waals surface area contributed by atoms with Gasteiger partial charge in [0.15, 0.2) is 0 Å². The van der Waals surface area contributed by atoms with Crippen LogP contribution in [0.15, 0.2) is 54.9 Å². The summed E-state index contributed by atoms with van der Waals surface area (Å²) in [6, 6.07) is 15.0. The van der Waals surface area contributed by atoms with Gasteiger partial charge >= 0.3 is 0 Å². The van der Waals surface area contributed by atoms with Crippen molar-refractivity contribution in [1.82, 2.24) is 18.9 Å². The lowest BCUT2D eigenvalue weighted by Gasteiger charge is -1.96. The Balaban J connectivity index is 1.88. The number of aromatic nitrogens is 4. The summed E-state index contributed by atoms with van der Waals surface area (Å²) in [5, 5.41) is 2.52. The Kier molecular flexibility index (Phi) is 2.15. The topological polar surface area (TPSA) is 35.1 Å². The molecule has 0 atom stereocenters. The molecular weight excluding hydrogens is 316 g/mol. The molecule has 24 heavy (non-hydrogen) atoms. The van der Waals surface area contributed by atoms with E-state index >= 15 is 0 Å². The van der Waals surface area contributed by atoms with E-state index < -0.39 is 0 Å². The lowest BCUT2D eigenvalue weighted by atomic mass is 10.1. The second-order valence-electron chi connectivity index (χ2n) is 6.11. The van der Waals surface area contributed by atoms with Gasteiger partial charge in [0.1, 0.15) is 0 Å². The zero-order chi connectivity index (χ0) is 15.8. The van der Waals surface area contributed by atoms with Gasteiger partial charge in [-0.25, -0.2) is 4.98 Å².